The summed E-state index contributed by atoms with van der Waals surface area (Å²) in [7, 11) is 0. The van der Waals surface area contributed by atoms with Gasteiger partial charge < -0.3 is 19.0 Å². The smallest absolute Gasteiger partial charge is 0.339 e. The highest BCUT2D eigenvalue weighted by Crippen LogP contribution is 2.42. The molecule has 2 heterocycles. The van der Waals surface area contributed by atoms with Crippen molar-refractivity contribution in [3.05, 3.63) is 39.2 Å². The van der Waals surface area contributed by atoms with E-state index in [1.165, 1.54) is 19.3 Å². The summed E-state index contributed by atoms with van der Waals surface area (Å²) in [4.78, 5) is 12.7. The van der Waals surface area contributed by atoms with Crippen molar-refractivity contribution in [2.24, 2.45) is 0 Å². The summed E-state index contributed by atoms with van der Waals surface area (Å²) in [5.74, 6) is -0.494. The lowest BCUT2D eigenvalue weighted by atomic mass is 9.78. The predicted molar refractivity (Wildman–Crippen MR) is 113 cm³/mol. The first-order chi connectivity index (χ1) is 13.9. The van der Waals surface area contributed by atoms with Gasteiger partial charge in [-0.15, -0.1) is 0 Å². The van der Waals surface area contributed by atoms with Crippen LogP contribution < -0.4 is 5.63 Å². The molecule has 0 saturated carbocycles. The van der Waals surface area contributed by atoms with Crippen LogP contribution in [0.5, 0.6) is 5.75 Å². The Balaban J connectivity index is 1.73. The molecule has 1 aliphatic carbocycles. The molecule has 5 nitrogen and oxygen atoms in total. The molecule has 2 aromatic rings. The summed E-state index contributed by atoms with van der Waals surface area (Å²) in [6.07, 6.45) is 7.48. The van der Waals surface area contributed by atoms with Crippen molar-refractivity contribution in [2.45, 2.75) is 83.3 Å². The standard InChI is InChI=1S/C24H32O5/c1-4-5-6-7-9-23(2,3)16-13-19(25)21-18-15-24(27-11-12-28-24)10-8-17(18)22(26)29-20(21)14-16/h13-14,25H,4-12,15H2,1-3H3. The first-order valence-corrected chi connectivity index (χ1v) is 11.0. The maximum atomic E-state index is 12.7. The van der Waals surface area contributed by atoms with Gasteiger partial charge in [0.25, 0.3) is 0 Å². The minimum atomic E-state index is -0.669. The fourth-order valence-corrected chi connectivity index (χ4v) is 4.81. The van der Waals surface area contributed by atoms with Crippen molar-refractivity contribution in [3.8, 4) is 5.75 Å². The monoisotopic (exact) mass is 400 g/mol. The number of rotatable bonds is 6. The molecule has 29 heavy (non-hydrogen) atoms. The van der Waals surface area contributed by atoms with Gasteiger partial charge in [-0.3, -0.25) is 0 Å². The van der Waals surface area contributed by atoms with Crippen LogP contribution in [0.15, 0.2) is 21.3 Å². The van der Waals surface area contributed by atoms with Crippen LogP contribution in [0.4, 0.5) is 0 Å². The van der Waals surface area contributed by atoms with Crippen molar-refractivity contribution in [3.63, 3.8) is 0 Å². The molecule has 0 unspecified atom stereocenters. The largest absolute Gasteiger partial charge is 0.507 e. The second kappa shape index (κ2) is 7.77. The molecular formula is C24H32O5. The maximum absolute atomic E-state index is 12.7. The molecule has 1 N–H and O–H groups in total. The quantitative estimate of drug-likeness (QED) is 0.547. The van der Waals surface area contributed by atoms with E-state index < -0.39 is 5.79 Å². The third-order valence-electron chi connectivity index (χ3n) is 6.65. The summed E-state index contributed by atoms with van der Waals surface area (Å²) in [5, 5.41) is 11.6. The van der Waals surface area contributed by atoms with E-state index in [9.17, 15) is 9.90 Å². The van der Waals surface area contributed by atoms with E-state index in [4.69, 9.17) is 13.9 Å². The molecule has 1 aromatic carbocycles. The first-order valence-electron chi connectivity index (χ1n) is 11.0. The van der Waals surface area contributed by atoms with E-state index in [0.29, 0.717) is 49.0 Å². The molecule has 5 heteroatoms. The van der Waals surface area contributed by atoms with Crippen LogP contribution in [0.3, 0.4) is 0 Å². The number of hydrogen-bond acceptors (Lipinski definition) is 5. The minimum Gasteiger partial charge on any atom is -0.507 e. The van der Waals surface area contributed by atoms with Gasteiger partial charge in [0.2, 0.25) is 0 Å². The summed E-state index contributed by atoms with van der Waals surface area (Å²) >= 11 is 0. The van der Waals surface area contributed by atoms with Crippen molar-refractivity contribution < 1.29 is 19.0 Å². The molecular weight excluding hydrogens is 368 g/mol. The van der Waals surface area contributed by atoms with Gasteiger partial charge in [0, 0.05) is 18.4 Å². The molecule has 4 rings (SSSR count). The van der Waals surface area contributed by atoms with E-state index in [1.54, 1.807) is 0 Å². The van der Waals surface area contributed by atoms with Crippen LogP contribution in [0.2, 0.25) is 0 Å². The van der Waals surface area contributed by atoms with Gasteiger partial charge >= 0.3 is 5.63 Å². The average molecular weight is 401 g/mol. The predicted octanol–water partition coefficient (Wildman–Crippen LogP) is 4.98. The van der Waals surface area contributed by atoms with Gasteiger partial charge in [-0.2, -0.15) is 0 Å². The Morgan fingerprint density at radius 3 is 2.59 bits per heavy atom. The molecule has 1 spiro atoms. The fourth-order valence-electron chi connectivity index (χ4n) is 4.81. The molecule has 158 valence electrons. The molecule has 1 aliphatic heterocycles. The number of aromatic hydroxyl groups is 1. The lowest BCUT2D eigenvalue weighted by Crippen LogP contribution is -2.38. The van der Waals surface area contributed by atoms with Crippen LogP contribution in [-0.4, -0.2) is 24.1 Å². The highest BCUT2D eigenvalue weighted by Gasteiger charge is 2.42. The van der Waals surface area contributed by atoms with Gasteiger partial charge in [-0.1, -0.05) is 46.5 Å². The number of benzene rings is 1. The highest BCUT2D eigenvalue weighted by molar-refractivity contribution is 5.88. The average Bonchev–Trinajstić information content (AvgIpc) is 3.12. The zero-order valence-corrected chi connectivity index (χ0v) is 17.8. The zero-order chi connectivity index (χ0) is 20.6. The third-order valence-corrected chi connectivity index (χ3v) is 6.65. The van der Waals surface area contributed by atoms with Crippen molar-refractivity contribution >= 4 is 11.0 Å². The number of hydrogen-bond donors (Lipinski definition) is 1. The van der Waals surface area contributed by atoms with Crippen LogP contribution in [-0.2, 0) is 27.7 Å². The summed E-state index contributed by atoms with van der Waals surface area (Å²) in [6.45, 7) is 7.71. The fraction of sp³-hybridized carbons (Fsp3) is 0.625. The van der Waals surface area contributed by atoms with Crippen LogP contribution in [0.1, 0.15) is 76.0 Å². The number of fused-ring (bicyclic) bond motifs is 3. The molecule has 0 radical (unpaired) electrons. The Kier molecular flexibility index (Phi) is 5.47. The van der Waals surface area contributed by atoms with E-state index in [-0.39, 0.29) is 16.8 Å². The second-order valence-corrected chi connectivity index (χ2v) is 9.19. The third kappa shape index (κ3) is 3.82. The second-order valence-electron chi connectivity index (χ2n) is 9.19. The van der Waals surface area contributed by atoms with E-state index >= 15 is 0 Å². The van der Waals surface area contributed by atoms with Crippen molar-refractivity contribution in [2.75, 3.05) is 13.2 Å². The van der Waals surface area contributed by atoms with Gasteiger partial charge in [-0.05, 0) is 41.5 Å². The van der Waals surface area contributed by atoms with Gasteiger partial charge in [0.15, 0.2) is 5.79 Å². The summed E-state index contributed by atoms with van der Waals surface area (Å²) in [6, 6.07) is 3.79. The molecule has 0 atom stereocenters. The van der Waals surface area contributed by atoms with E-state index in [2.05, 4.69) is 20.8 Å². The molecule has 1 fully saturated rings. The Morgan fingerprint density at radius 1 is 1.10 bits per heavy atom. The lowest BCUT2D eigenvalue weighted by Gasteiger charge is -2.33. The molecule has 1 aromatic heterocycles. The summed E-state index contributed by atoms with van der Waals surface area (Å²) < 4.78 is 17.4. The molecule has 0 bridgehead atoms. The van der Waals surface area contributed by atoms with Crippen LogP contribution in [0.25, 0.3) is 11.0 Å². The summed E-state index contributed by atoms with van der Waals surface area (Å²) in [5.41, 5.74) is 2.50. The van der Waals surface area contributed by atoms with Gasteiger partial charge in [0.1, 0.15) is 11.3 Å². The topological polar surface area (TPSA) is 68.9 Å². The highest BCUT2D eigenvalue weighted by atomic mass is 16.7. The Morgan fingerprint density at radius 2 is 1.86 bits per heavy atom. The van der Waals surface area contributed by atoms with E-state index in [0.717, 1.165) is 24.0 Å². The zero-order valence-electron chi connectivity index (χ0n) is 17.8. The SMILES string of the molecule is CCCCCCC(C)(C)c1cc(O)c2c3c(c(=O)oc2c1)CCC1(C3)OCCO1. The van der Waals surface area contributed by atoms with Gasteiger partial charge in [0.05, 0.1) is 18.6 Å². The van der Waals surface area contributed by atoms with Crippen LogP contribution in [0, 0.1) is 0 Å². The molecule has 1 saturated heterocycles. The Hall–Kier alpha value is -1.85. The Bertz CT molecular complexity index is 950. The van der Waals surface area contributed by atoms with Crippen molar-refractivity contribution in [1.29, 1.82) is 0 Å². The number of ether oxygens (including phenoxy) is 2. The molecule has 2 aliphatic rings. The Labute approximate surface area is 172 Å². The van der Waals surface area contributed by atoms with Crippen molar-refractivity contribution in [1.82, 2.24) is 0 Å². The number of phenolic OH excluding ortho intramolecular Hbond substituents is 1. The normalized spacial score (nSPS) is 18.4. The molecule has 0 amide bonds. The first kappa shape index (κ1) is 20.4. The minimum absolute atomic E-state index is 0.104. The number of phenols is 1. The lowest BCUT2D eigenvalue weighted by molar-refractivity contribution is -0.163. The number of unbranched alkanes of at least 4 members (excludes halogenated alkanes) is 3. The van der Waals surface area contributed by atoms with Gasteiger partial charge in [-0.25, -0.2) is 4.79 Å². The van der Waals surface area contributed by atoms with E-state index in [1.807, 2.05) is 12.1 Å². The van der Waals surface area contributed by atoms with Crippen LogP contribution >= 0.6 is 0 Å². The maximum Gasteiger partial charge on any atom is 0.339 e.